The third kappa shape index (κ3) is 7.78. The summed E-state index contributed by atoms with van der Waals surface area (Å²) in [7, 11) is -1.48. The van der Waals surface area contributed by atoms with Gasteiger partial charge in [0, 0.05) is 5.02 Å². The van der Waals surface area contributed by atoms with E-state index in [-0.39, 0.29) is 31.8 Å². The Morgan fingerprint density at radius 3 is 2.59 bits per heavy atom. The molecule has 0 fully saturated rings. The van der Waals surface area contributed by atoms with Crippen LogP contribution in [0.2, 0.25) is 5.02 Å². The van der Waals surface area contributed by atoms with Crippen molar-refractivity contribution in [1.29, 1.82) is 0 Å². The highest BCUT2D eigenvalue weighted by molar-refractivity contribution is 7.17. The first-order chi connectivity index (χ1) is 15.1. The van der Waals surface area contributed by atoms with Crippen LogP contribution in [0, 0.1) is 6.92 Å². The zero-order valence-corrected chi connectivity index (χ0v) is 19.7. The minimum atomic E-state index is -4.58. The van der Waals surface area contributed by atoms with Gasteiger partial charge in [-0.1, -0.05) is 29.8 Å². The molecule has 2 aromatic carbocycles. The summed E-state index contributed by atoms with van der Waals surface area (Å²) in [6.07, 6.45) is -3.06. The highest BCUT2D eigenvalue weighted by Gasteiger charge is 2.35. The number of hydrogen-bond acceptors (Lipinski definition) is 5. The van der Waals surface area contributed by atoms with Crippen LogP contribution in [0.15, 0.2) is 36.4 Å². The quantitative estimate of drug-likeness (QED) is 0.321. The maximum absolute atomic E-state index is 13.6. The fourth-order valence-corrected chi connectivity index (χ4v) is 3.83. The fourth-order valence-electron chi connectivity index (χ4n) is 3.24. The van der Waals surface area contributed by atoms with Gasteiger partial charge in [0.1, 0.15) is 5.75 Å². The summed E-state index contributed by atoms with van der Waals surface area (Å²) in [6.45, 7) is 1.45. The molecule has 2 aromatic rings. The lowest BCUT2D eigenvalue weighted by Gasteiger charge is -2.26. The summed E-state index contributed by atoms with van der Waals surface area (Å²) >= 11 is 6.10. The molecule has 0 heterocycles. The summed E-state index contributed by atoms with van der Waals surface area (Å²) in [4.78, 5) is 0. The van der Waals surface area contributed by atoms with Crippen LogP contribution >= 0.6 is 20.3 Å². The topological polar surface area (TPSA) is 81.8 Å². The second-order valence-corrected chi connectivity index (χ2v) is 8.66. The van der Waals surface area contributed by atoms with Crippen LogP contribution in [0.3, 0.4) is 0 Å². The molecule has 0 radical (unpaired) electrons. The standard InChI is InChI=1S/C22H28ClF3NO4P/c1-15-17(4-2-6-19(15)23)5-3-11-30-20-8-7-16(12-18(20)22(24,25)26)9-10-21(27,13-28)14-31-32-29/h2,4,6-8,12,28H,3,5,9-11,13-14,27,32H2,1H3. The summed E-state index contributed by atoms with van der Waals surface area (Å²) in [5.74, 6) is -0.233. The smallest absolute Gasteiger partial charge is 0.419 e. The molecule has 0 saturated heterocycles. The number of alkyl halides is 3. The average Bonchev–Trinajstić information content (AvgIpc) is 2.76. The molecule has 32 heavy (non-hydrogen) atoms. The zero-order valence-electron chi connectivity index (χ0n) is 17.8. The molecule has 0 saturated carbocycles. The van der Waals surface area contributed by atoms with Gasteiger partial charge in [-0.15, -0.1) is 0 Å². The number of ether oxygens (including phenoxy) is 1. The first-order valence-electron chi connectivity index (χ1n) is 10.1. The molecule has 178 valence electrons. The molecule has 0 amide bonds. The van der Waals surface area contributed by atoms with Gasteiger partial charge in [-0.25, -0.2) is 0 Å². The number of aryl methyl sites for hydroxylation is 2. The molecular weight excluding hydrogens is 466 g/mol. The van der Waals surface area contributed by atoms with Crippen LogP contribution in [0.5, 0.6) is 5.75 Å². The Morgan fingerprint density at radius 2 is 1.94 bits per heavy atom. The van der Waals surface area contributed by atoms with E-state index in [1.165, 1.54) is 6.07 Å². The van der Waals surface area contributed by atoms with Crippen molar-refractivity contribution in [3.05, 3.63) is 63.7 Å². The first-order valence-corrected chi connectivity index (χ1v) is 11.4. The van der Waals surface area contributed by atoms with E-state index >= 15 is 0 Å². The Labute approximate surface area is 192 Å². The predicted octanol–water partition coefficient (Wildman–Crippen LogP) is 4.99. The molecule has 2 rings (SSSR count). The number of aliphatic hydroxyl groups is 1. The van der Waals surface area contributed by atoms with Crippen molar-refractivity contribution in [2.45, 2.75) is 44.3 Å². The molecule has 0 aliphatic heterocycles. The summed E-state index contributed by atoms with van der Waals surface area (Å²) < 4.78 is 61.6. The Kier molecular flexibility index (Phi) is 10.0. The predicted molar refractivity (Wildman–Crippen MR) is 120 cm³/mol. The number of nitrogens with two attached hydrogens (primary N) is 1. The average molecular weight is 494 g/mol. The van der Waals surface area contributed by atoms with Crippen molar-refractivity contribution in [2.75, 3.05) is 19.8 Å². The number of aliphatic hydroxyl groups excluding tert-OH is 1. The second kappa shape index (κ2) is 12.1. The number of rotatable bonds is 12. The molecule has 2 atom stereocenters. The maximum atomic E-state index is 13.6. The first kappa shape index (κ1) is 26.7. The third-order valence-electron chi connectivity index (χ3n) is 5.24. The van der Waals surface area contributed by atoms with Crippen LogP contribution in [-0.2, 0) is 28.1 Å². The Balaban J connectivity index is 2.03. The molecule has 0 aliphatic carbocycles. The maximum Gasteiger partial charge on any atom is 0.419 e. The van der Waals surface area contributed by atoms with Crippen LogP contribution in [0.1, 0.15) is 35.1 Å². The molecule has 5 nitrogen and oxygen atoms in total. The van der Waals surface area contributed by atoms with Crippen LogP contribution in [0.4, 0.5) is 13.2 Å². The minimum Gasteiger partial charge on any atom is -0.493 e. The van der Waals surface area contributed by atoms with Crippen molar-refractivity contribution < 1.29 is 32.1 Å². The van der Waals surface area contributed by atoms with E-state index in [0.29, 0.717) is 23.4 Å². The summed E-state index contributed by atoms with van der Waals surface area (Å²) in [6, 6.07) is 9.45. The summed E-state index contributed by atoms with van der Waals surface area (Å²) in [5.41, 5.74) is 6.33. The molecule has 3 N–H and O–H groups in total. The van der Waals surface area contributed by atoms with Gasteiger partial charge in [0.25, 0.3) is 0 Å². The van der Waals surface area contributed by atoms with Crippen molar-refractivity contribution in [2.24, 2.45) is 5.73 Å². The summed E-state index contributed by atoms with van der Waals surface area (Å²) in [5, 5.41) is 10.1. The van der Waals surface area contributed by atoms with Gasteiger partial charge in [0.05, 0.1) is 30.9 Å². The Morgan fingerprint density at radius 1 is 1.19 bits per heavy atom. The van der Waals surface area contributed by atoms with Crippen molar-refractivity contribution in [3.63, 3.8) is 0 Å². The van der Waals surface area contributed by atoms with Crippen LogP contribution < -0.4 is 10.5 Å². The van der Waals surface area contributed by atoms with E-state index in [1.807, 2.05) is 19.1 Å². The van der Waals surface area contributed by atoms with Gasteiger partial charge in [0.2, 0.25) is 0 Å². The van der Waals surface area contributed by atoms with Crippen LogP contribution in [-0.4, -0.2) is 30.5 Å². The molecule has 10 heteroatoms. The fraction of sp³-hybridized carbons (Fsp3) is 0.455. The van der Waals surface area contributed by atoms with E-state index in [1.54, 1.807) is 12.1 Å². The van der Waals surface area contributed by atoms with E-state index in [9.17, 15) is 22.8 Å². The molecule has 0 aliphatic rings. The number of benzene rings is 2. The SMILES string of the molecule is Cc1c(Cl)cccc1CCCOc1ccc(CCC(N)(CO)CO[PH2]=O)cc1C(F)(F)F. The lowest BCUT2D eigenvalue weighted by molar-refractivity contribution is -0.139. The van der Waals surface area contributed by atoms with E-state index in [2.05, 4.69) is 0 Å². The number of halogens is 4. The molecular formula is C22H28ClF3NO4P. The van der Waals surface area contributed by atoms with Crippen molar-refractivity contribution in [3.8, 4) is 5.75 Å². The monoisotopic (exact) mass is 493 g/mol. The highest BCUT2D eigenvalue weighted by atomic mass is 35.5. The third-order valence-corrected chi connectivity index (χ3v) is 5.95. The highest BCUT2D eigenvalue weighted by Crippen LogP contribution is 2.37. The molecule has 0 bridgehead atoms. The van der Waals surface area contributed by atoms with E-state index in [0.717, 1.165) is 17.2 Å². The molecule has 0 aromatic heterocycles. The number of hydrogen-bond donors (Lipinski definition) is 2. The minimum absolute atomic E-state index is 0.125. The van der Waals surface area contributed by atoms with Gasteiger partial charge in [-0.3, -0.25) is 4.57 Å². The van der Waals surface area contributed by atoms with Gasteiger partial charge < -0.3 is 20.1 Å². The van der Waals surface area contributed by atoms with Crippen molar-refractivity contribution in [1.82, 2.24) is 0 Å². The van der Waals surface area contributed by atoms with E-state index in [4.69, 9.17) is 26.6 Å². The van der Waals surface area contributed by atoms with Gasteiger partial charge in [-0.2, -0.15) is 13.2 Å². The largest absolute Gasteiger partial charge is 0.493 e. The zero-order chi connectivity index (χ0) is 23.8. The lowest BCUT2D eigenvalue weighted by atomic mass is 9.93. The normalized spacial score (nSPS) is 14.1. The second-order valence-electron chi connectivity index (χ2n) is 7.73. The Hall–Kier alpha value is -1.57. The molecule has 0 spiro atoms. The lowest BCUT2D eigenvalue weighted by Crippen LogP contribution is -2.47. The van der Waals surface area contributed by atoms with Crippen molar-refractivity contribution >= 4 is 20.3 Å². The van der Waals surface area contributed by atoms with E-state index < -0.39 is 32.6 Å². The van der Waals surface area contributed by atoms with Gasteiger partial charge >= 0.3 is 6.18 Å². The Bertz CT molecular complexity index is 913. The molecule has 2 unspecified atom stereocenters. The van der Waals surface area contributed by atoms with Gasteiger partial charge in [-0.05, 0) is 67.5 Å². The van der Waals surface area contributed by atoms with Gasteiger partial charge in [0.15, 0.2) is 8.69 Å². The van der Waals surface area contributed by atoms with Crippen LogP contribution in [0.25, 0.3) is 0 Å².